The van der Waals surface area contributed by atoms with Gasteiger partial charge in [0.25, 0.3) is 0 Å². The summed E-state index contributed by atoms with van der Waals surface area (Å²) in [5.41, 5.74) is 0. The zero-order chi connectivity index (χ0) is 11.5. The van der Waals surface area contributed by atoms with Gasteiger partial charge >= 0.3 is 5.97 Å². The quantitative estimate of drug-likeness (QED) is 0.812. The molecular weight excluding hydrogens is 228 g/mol. The Hall–Kier alpha value is -1.21. The molecule has 1 aromatic heterocycles. The second-order valence-corrected chi connectivity index (χ2v) is 4.52. The van der Waals surface area contributed by atoms with Gasteiger partial charge in [-0.05, 0) is 6.92 Å². The highest BCUT2D eigenvalue weighted by Gasteiger charge is 2.25. The van der Waals surface area contributed by atoms with Crippen molar-refractivity contribution in [3.63, 3.8) is 0 Å². The van der Waals surface area contributed by atoms with Crippen LogP contribution in [-0.4, -0.2) is 57.6 Å². The van der Waals surface area contributed by atoms with Crippen LogP contribution in [0.5, 0.6) is 0 Å². The fourth-order valence-electron chi connectivity index (χ4n) is 1.76. The maximum Gasteiger partial charge on any atom is 0.320 e. The van der Waals surface area contributed by atoms with Gasteiger partial charge in [0.15, 0.2) is 0 Å². The molecule has 88 valence electrons. The lowest BCUT2D eigenvalue weighted by molar-refractivity contribution is -0.142. The van der Waals surface area contributed by atoms with Crippen LogP contribution >= 0.6 is 11.5 Å². The molecule has 0 amide bonds. The summed E-state index contributed by atoms with van der Waals surface area (Å²) < 4.78 is 3.96. The summed E-state index contributed by atoms with van der Waals surface area (Å²) in [6.07, 6.45) is 1.55. The molecular formula is C9H14N4O2S. The molecule has 1 aromatic rings. The van der Waals surface area contributed by atoms with Crippen LogP contribution in [0.3, 0.4) is 0 Å². The standard InChI is InChI=1S/C9H14N4O2S/c1-7(8(14)15)12-2-4-13(5-3-12)9-10-6-11-16-9/h6-7H,2-5H2,1H3,(H,14,15). The minimum Gasteiger partial charge on any atom is -0.480 e. The van der Waals surface area contributed by atoms with Crippen LogP contribution in [0.25, 0.3) is 0 Å². The molecule has 1 aliphatic heterocycles. The first-order valence-corrected chi connectivity index (χ1v) is 5.94. The SMILES string of the molecule is CC(C(=O)O)N1CCN(c2ncns2)CC1. The zero-order valence-corrected chi connectivity index (χ0v) is 9.85. The monoisotopic (exact) mass is 242 g/mol. The first kappa shape index (κ1) is 11.3. The van der Waals surface area contributed by atoms with Gasteiger partial charge in [0.2, 0.25) is 5.13 Å². The summed E-state index contributed by atoms with van der Waals surface area (Å²) in [5.74, 6) is -0.760. The van der Waals surface area contributed by atoms with Gasteiger partial charge in [0.05, 0.1) is 0 Å². The minimum absolute atomic E-state index is 0.406. The summed E-state index contributed by atoms with van der Waals surface area (Å²) in [6, 6.07) is -0.406. The lowest BCUT2D eigenvalue weighted by Crippen LogP contribution is -2.51. The number of piperazine rings is 1. The third-order valence-corrected chi connectivity index (χ3v) is 3.57. The van der Waals surface area contributed by atoms with E-state index in [9.17, 15) is 4.79 Å². The Labute approximate surface area is 97.7 Å². The number of anilines is 1. The Morgan fingerprint density at radius 2 is 2.19 bits per heavy atom. The Kier molecular flexibility index (Phi) is 3.35. The molecule has 2 rings (SSSR count). The summed E-state index contributed by atoms with van der Waals surface area (Å²) in [4.78, 5) is 19.1. The van der Waals surface area contributed by atoms with Crippen molar-refractivity contribution in [3.8, 4) is 0 Å². The molecule has 0 radical (unpaired) electrons. The van der Waals surface area contributed by atoms with Crippen molar-refractivity contribution in [1.29, 1.82) is 0 Å². The highest BCUT2D eigenvalue weighted by atomic mass is 32.1. The van der Waals surface area contributed by atoms with E-state index in [0.29, 0.717) is 0 Å². The zero-order valence-electron chi connectivity index (χ0n) is 9.04. The largest absolute Gasteiger partial charge is 0.480 e. The van der Waals surface area contributed by atoms with E-state index in [0.717, 1.165) is 31.3 Å². The van der Waals surface area contributed by atoms with Gasteiger partial charge in [-0.2, -0.15) is 4.37 Å². The van der Waals surface area contributed by atoms with Crippen molar-refractivity contribution in [2.75, 3.05) is 31.1 Å². The molecule has 1 unspecified atom stereocenters. The van der Waals surface area contributed by atoms with E-state index >= 15 is 0 Å². The molecule has 1 N–H and O–H groups in total. The van der Waals surface area contributed by atoms with E-state index in [1.165, 1.54) is 11.5 Å². The first-order chi connectivity index (χ1) is 7.68. The minimum atomic E-state index is -0.760. The van der Waals surface area contributed by atoms with Crippen molar-refractivity contribution < 1.29 is 9.90 Å². The molecule has 1 saturated heterocycles. The average molecular weight is 242 g/mol. The lowest BCUT2D eigenvalue weighted by atomic mass is 10.2. The van der Waals surface area contributed by atoms with Crippen LogP contribution in [0.2, 0.25) is 0 Å². The highest BCUT2D eigenvalue weighted by Crippen LogP contribution is 2.17. The van der Waals surface area contributed by atoms with Gasteiger partial charge in [-0.1, -0.05) is 0 Å². The normalized spacial score (nSPS) is 19.7. The van der Waals surface area contributed by atoms with Crippen LogP contribution in [0, 0.1) is 0 Å². The van der Waals surface area contributed by atoms with Gasteiger partial charge in [-0.15, -0.1) is 0 Å². The Morgan fingerprint density at radius 1 is 1.50 bits per heavy atom. The number of aromatic nitrogens is 2. The molecule has 2 heterocycles. The van der Waals surface area contributed by atoms with Crippen LogP contribution in [0.1, 0.15) is 6.92 Å². The van der Waals surface area contributed by atoms with E-state index in [2.05, 4.69) is 14.3 Å². The Bertz CT molecular complexity index is 348. The second kappa shape index (κ2) is 4.75. The molecule has 1 fully saturated rings. The van der Waals surface area contributed by atoms with Crippen LogP contribution in [0.15, 0.2) is 6.33 Å². The second-order valence-electron chi connectivity index (χ2n) is 3.76. The molecule has 16 heavy (non-hydrogen) atoms. The molecule has 0 aromatic carbocycles. The number of hydrogen-bond acceptors (Lipinski definition) is 6. The van der Waals surface area contributed by atoms with Crippen molar-refractivity contribution in [3.05, 3.63) is 6.33 Å². The van der Waals surface area contributed by atoms with E-state index in [1.54, 1.807) is 13.3 Å². The molecule has 6 nitrogen and oxygen atoms in total. The maximum atomic E-state index is 10.8. The predicted molar refractivity (Wildman–Crippen MR) is 60.8 cm³/mol. The lowest BCUT2D eigenvalue weighted by Gasteiger charge is -2.36. The predicted octanol–water partition coefficient (Wildman–Crippen LogP) is 0.133. The topological polar surface area (TPSA) is 69.6 Å². The maximum absolute atomic E-state index is 10.8. The van der Waals surface area contributed by atoms with E-state index in [-0.39, 0.29) is 0 Å². The number of carboxylic acid groups (broad SMARTS) is 1. The van der Waals surface area contributed by atoms with Gasteiger partial charge in [-0.3, -0.25) is 9.69 Å². The van der Waals surface area contributed by atoms with E-state index in [1.807, 2.05) is 4.90 Å². The Balaban J connectivity index is 1.90. The number of aliphatic carboxylic acids is 1. The number of rotatable bonds is 3. The number of carboxylic acids is 1. The van der Waals surface area contributed by atoms with Crippen LogP contribution < -0.4 is 4.90 Å². The van der Waals surface area contributed by atoms with Crippen molar-refractivity contribution in [2.45, 2.75) is 13.0 Å². The highest BCUT2D eigenvalue weighted by molar-refractivity contribution is 7.09. The molecule has 0 aliphatic carbocycles. The number of hydrogen-bond donors (Lipinski definition) is 1. The third-order valence-electron chi connectivity index (χ3n) is 2.84. The summed E-state index contributed by atoms with van der Waals surface area (Å²) in [6.45, 7) is 4.86. The molecule has 0 saturated carbocycles. The van der Waals surface area contributed by atoms with Crippen molar-refractivity contribution >= 4 is 22.6 Å². The fourth-order valence-corrected chi connectivity index (χ4v) is 2.34. The molecule has 0 bridgehead atoms. The molecule has 1 aliphatic rings. The summed E-state index contributed by atoms with van der Waals surface area (Å²) in [7, 11) is 0. The van der Waals surface area contributed by atoms with Crippen LogP contribution in [0.4, 0.5) is 5.13 Å². The average Bonchev–Trinajstić information content (AvgIpc) is 2.81. The fraction of sp³-hybridized carbons (Fsp3) is 0.667. The first-order valence-electron chi connectivity index (χ1n) is 5.17. The number of carbonyl (C=O) groups is 1. The van der Waals surface area contributed by atoms with Crippen LogP contribution in [-0.2, 0) is 4.79 Å². The summed E-state index contributed by atoms with van der Waals surface area (Å²) in [5, 5.41) is 9.83. The molecule has 0 spiro atoms. The van der Waals surface area contributed by atoms with Gasteiger partial charge in [0, 0.05) is 37.7 Å². The smallest absolute Gasteiger partial charge is 0.320 e. The molecule has 1 atom stereocenters. The summed E-state index contributed by atoms with van der Waals surface area (Å²) >= 11 is 1.38. The van der Waals surface area contributed by atoms with Crippen molar-refractivity contribution in [1.82, 2.24) is 14.3 Å². The Morgan fingerprint density at radius 3 is 2.69 bits per heavy atom. The van der Waals surface area contributed by atoms with Crippen molar-refractivity contribution in [2.24, 2.45) is 0 Å². The van der Waals surface area contributed by atoms with Gasteiger partial charge < -0.3 is 10.0 Å². The van der Waals surface area contributed by atoms with Gasteiger partial charge in [0.1, 0.15) is 12.4 Å². The van der Waals surface area contributed by atoms with Gasteiger partial charge in [-0.25, -0.2) is 4.98 Å². The van der Waals surface area contributed by atoms with E-state index in [4.69, 9.17) is 5.11 Å². The third kappa shape index (κ3) is 2.30. The number of nitrogens with zero attached hydrogens (tertiary/aromatic N) is 4. The molecule has 7 heteroatoms. The van der Waals surface area contributed by atoms with E-state index < -0.39 is 12.0 Å².